The zero-order chi connectivity index (χ0) is 29.9. The van der Waals surface area contributed by atoms with Crippen molar-refractivity contribution in [2.24, 2.45) is 0 Å². The van der Waals surface area contributed by atoms with Gasteiger partial charge in [0.15, 0.2) is 0 Å². The third kappa shape index (κ3) is 6.51. The van der Waals surface area contributed by atoms with Crippen molar-refractivity contribution in [1.82, 2.24) is 20.5 Å². The molecule has 0 aliphatic carbocycles. The third-order valence-electron chi connectivity index (χ3n) is 8.79. The maximum absolute atomic E-state index is 14.0. The monoisotopic (exact) mass is 601 g/mol. The van der Waals surface area contributed by atoms with Crippen molar-refractivity contribution < 1.29 is 19.5 Å². The van der Waals surface area contributed by atoms with Gasteiger partial charge < -0.3 is 25.5 Å². The molecule has 1 unspecified atom stereocenters. The second kappa shape index (κ2) is 13.0. The smallest absolute Gasteiger partial charge is 0.254 e. The zero-order valence-corrected chi connectivity index (χ0v) is 25.3. The van der Waals surface area contributed by atoms with Gasteiger partial charge in [0, 0.05) is 53.4 Å². The lowest BCUT2D eigenvalue weighted by molar-refractivity contribution is -0.117. The lowest BCUT2D eigenvalue weighted by Crippen LogP contribution is -2.52. The largest absolute Gasteiger partial charge is 0.389 e. The van der Waals surface area contributed by atoms with Crippen molar-refractivity contribution in [1.29, 1.82) is 0 Å². The molecule has 0 saturated carbocycles. The molecule has 3 N–H and O–H groups in total. The van der Waals surface area contributed by atoms with Crippen molar-refractivity contribution in [3.8, 4) is 0 Å². The van der Waals surface area contributed by atoms with E-state index in [0.717, 1.165) is 54.9 Å². The average Bonchev–Trinajstić information content (AvgIpc) is 3.84. The van der Waals surface area contributed by atoms with Crippen LogP contribution in [0.25, 0.3) is 0 Å². The van der Waals surface area contributed by atoms with Gasteiger partial charge in [0.2, 0.25) is 5.91 Å². The van der Waals surface area contributed by atoms with Crippen molar-refractivity contribution in [2.45, 2.75) is 76.1 Å². The summed E-state index contributed by atoms with van der Waals surface area (Å²) in [5.74, 6) is -0.569. The molecule has 0 bridgehead atoms. The van der Waals surface area contributed by atoms with Crippen LogP contribution in [0.2, 0.25) is 0 Å². The number of nitrogens with one attached hydrogen (secondary N) is 2. The predicted octanol–water partition coefficient (Wildman–Crippen LogP) is 4.01. The highest BCUT2D eigenvalue weighted by Crippen LogP contribution is 2.35. The van der Waals surface area contributed by atoms with E-state index in [1.165, 1.54) is 0 Å². The molecule has 3 aliphatic heterocycles. The molecule has 3 aliphatic rings. The molecule has 10 heteroatoms. The molecule has 6 rings (SSSR count). The number of aliphatic hydroxyl groups is 1. The molecule has 43 heavy (non-hydrogen) atoms. The summed E-state index contributed by atoms with van der Waals surface area (Å²) in [7, 11) is 0. The number of anilines is 1. The number of aliphatic hydroxyl groups excluding tert-OH is 1. The summed E-state index contributed by atoms with van der Waals surface area (Å²) in [5.41, 5.74) is 3.17. The Bertz CT molecular complexity index is 1470. The van der Waals surface area contributed by atoms with E-state index >= 15 is 0 Å². The van der Waals surface area contributed by atoms with Crippen LogP contribution in [-0.4, -0.2) is 70.5 Å². The van der Waals surface area contributed by atoms with Gasteiger partial charge in [0.05, 0.1) is 18.2 Å². The second-order valence-electron chi connectivity index (χ2n) is 11.9. The molecule has 3 aromatic rings. The lowest BCUT2D eigenvalue weighted by atomic mass is 9.95. The summed E-state index contributed by atoms with van der Waals surface area (Å²) < 4.78 is 0. The van der Waals surface area contributed by atoms with Gasteiger partial charge in [-0.15, -0.1) is 11.3 Å². The highest BCUT2D eigenvalue weighted by molar-refractivity contribution is 7.09. The van der Waals surface area contributed by atoms with Gasteiger partial charge in [-0.3, -0.25) is 14.4 Å². The number of aromatic nitrogens is 1. The molecule has 0 spiro atoms. The van der Waals surface area contributed by atoms with Crippen LogP contribution >= 0.6 is 11.3 Å². The van der Waals surface area contributed by atoms with Gasteiger partial charge in [0.1, 0.15) is 5.01 Å². The number of carbonyl (C=O) groups excluding carboxylic acids is 3. The number of benzene rings is 2. The quantitative estimate of drug-likeness (QED) is 0.342. The Balaban J connectivity index is 1.30. The predicted molar refractivity (Wildman–Crippen MR) is 166 cm³/mol. The van der Waals surface area contributed by atoms with Crippen LogP contribution in [0, 0.1) is 6.92 Å². The molecule has 0 radical (unpaired) electrons. The number of carbonyl (C=O) groups is 3. The highest BCUT2D eigenvalue weighted by atomic mass is 32.1. The summed E-state index contributed by atoms with van der Waals surface area (Å²) >= 11 is 1.56. The fourth-order valence-corrected chi connectivity index (χ4v) is 7.50. The lowest BCUT2D eigenvalue weighted by Gasteiger charge is -2.29. The molecule has 4 heterocycles. The molecule has 2 aromatic carbocycles. The minimum Gasteiger partial charge on any atom is -0.389 e. The summed E-state index contributed by atoms with van der Waals surface area (Å²) in [5, 5.41) is 20.7. The highest BCUT2D eigenvalue weighted by Gasteiger charge is 2.35. The Kier molecular flexibility index (Phi) is 8.88. The first kappa shape index (κ1) is 29.5. The van der Waals surface area contributed by atoms with Crippen molar-refractivity contribution in [3.63, 3.8) is 0 Å². The molecule has 4 atom stereocenters. The van der Waals surface area contributed by atoms with Crippen LogP contribution in [0.3, 0.4) is 0 Å². The molecular formula is C33H39N5O4S. The van der Waals surface area contributed by atoms with E-state index in [-0.39, 0.29) is 29.8 Å². The average molecular weight is 602 g/mol. The number of likely N-dealkylation sites (tertiary alicyclic amines) is 1. The van der Waals surface area contributed by atoms with Gasteiger partial charge in [-0.1, -0.05) is 30.3 Å². The van der Waals surface area contributed by atoms with Crippen molar-refractivity contribution >= 4 is 34.7 Å². The van der Waals surface area contributed by atoms with E-state index in [1.807, 2.05) is 47.5 Å². The molecule has 9 nitrogen and oxygen atoms in total. The number of nitrogens with zero attached hydrogens (tertiary/aromatic N) is 3. The van der Waals surface area contributed by atoms with E-state index < -0.39 is 12.1 Å². The molecule has 226 valence electrons. The van der Waals surface area contributed by atoms with Crippen LogP contribution in [0.4, 0.5) is 5.69 Å². The number of amides is 3. The number of aryl methyl sites for hydroxylation is 1. The summed E-state index contributed by atoms with van der Waals surface area (Å²) in [4.78, 5) is 48.8. The molecule has 3 fully saturated rings. The maximum atomic E-state index is 14.0. The van der Waals surface area contributed by atoms with Gasteiger partial charge >= 0.3 is 0 Å². The first-order valence-electron chi connectivity index (χ1n) is 15.3. The standard InChI is InChI=1S/C33H39N5O4S/c1-21-20-43-32(35-21)28-11-6-15-38(28)33(42)24-17-23(18-25(19-24)37-14-7-12-29(37)39)31(41)36-27(16-22-8-3-2-4-9-22)30(40)26-10-5-13-34-26/h2-4,8-9,17-20,26-28,30,34,40H,5-7,10-16H2,1H3,(H,36,41)/t26-,27+,28?,30-/m1/s1. The summed E-state index contributed by atoms with van der Waals surface area (Å²) in [6.45, 7) is 3.94. The third-order valence-corrected chi connectivity index (χ3v) is 9.85. The topological polar surface area (TPSA) is 115 Å². The van der Waals surface area contributed by atoms with Gasteiger partial charge in [0.25, 0.3) is 11.8 Å². The molecule has 3 amide bonds. The van der Waals surface area contributed by atoms with Gasteiger partial charge in [-0.2, -0.15) is 0 Å². The van der Waals surface area contributed by atoms with E-state index in [1.54, 1.807) is 34.4 Å². The zero-order valence-electron chi connectivity index (χ0n) is 24.5. The van der Waals surface area contributed by atoms with Gasteiger partial charge in [-0.05, 0) is 75.8 Å². The molecule has 1 aromatic heterocycles. The van der Waals surface area contributed by atoms with Crippen LogP contribution in [-0.2, 0) is 11.2 Å². The number of hydrogen-bond donors (Lipinski definition) is 3. The second-order valence-corrected chi connectivity index (χ2v) is 12.8. The van der Waals surface area contributed by atoms with Crippen LogP contribution < -0.4 is 15.5 Å². The van der Waals surface area contributed by atoms with Crippen LogP contribution in [0.5, 0.6) is 0 Å². The number of rotatable bonds is 9. The Morgan fingerprint density at radius 2 is 1.91 bits per heavy atom. The fourth-order valence-electron chi connectivity index (χ4n) is 6.56. The van der Waals surface area contributed by atoms with Crippen LogP contribution in [0.1, 0.15) is 81.5 Å². The minimum absolute atomic E-state index is 0.0158. The SMILES string of the molecule is Cc1csc(C2CCCN2C(=O)c2cc(C(=O)N[C@@H](Cc3ccccc3)[C@H](O)[C@H]3CCCN3)cc(N3CCCC3=O)c2)n1. The summed E-state index contributed by atoms with van der Waals surface area (Å²) in [6.07, 6.45) is 4.37. The number of thiazole rings is 1. The van der Waals surface area contributed by atoms with Crippen molar-refractivity contribution in [2.75, 3.05) is 24.5 Å². The van der Waals surface area contributed by atoms with Gasteiger partial charge in [-0.25, -0.2) is 4.98 Å². The Morgan fingerprint density at radius 1 is 1.09 bits per heavy atom. The summed E-state index contributed by atoms with van der Waals surface area (Å²) in [6, 6.07) is 14.1. The minimum atomic E-state index is -0.789. The molecular weight excluding hydrogens is 562 g/mol. The van der Waals surface area contributed by atoms with E-state index in [0.29, 0.717) is 42.7 Å². The molecule has 3 saturated heterocycles. The van der Waals surface area contributed by atoms with E-state index in [2.05, 4.69) is 15.6 Å². The van der Waals surface area contributed by atoms with E-state index in [9.17, 15) is 19.5 Å². The first-order chi connectivity index (χ1) is 20.9. The maximum Gasteiger partial charge on any atom is 0.254 e. The Morgan fingerprint density at radius 3 is 2.60 bits per heavy atom. The Labute approximate surface area is 256 Å². The van der Waals surface area contributed by atoms with E-state index in [4.69, 9.17) is 0 Å². The fraction of sp³-hybridized carbons (Fsp3) is 0.455. The first-order valence-corrected chi connectivity index (χ1v) is 16.2. The van der Waals surface area contributed by atoms with Crippen LogP contribution in [0.15, 0.2) is 53.9 Å². The normalized spacial score (nSPS) is 21.8. The van der Waals surface area contributed by atoms with Crippen molar-refractivity contribution in [3.05, 3.63) is 81.3 Å². The Hall–Kier alpha value is -3.60. The number of hydrogen-bond acceptors (Lipinski definition) is 7.